The molecular formula is C22H24BrN3O2S. The molecule has 2 aromatic carbocycles. The van der Waals surface area contributed by atoms with Gasteiger partial charge in [-0.2, -0.15) is 0 Å². The maximum Gasteiger partial charge on any atom is 0.262 e. The molecule has 0 bridgehead atoms. The highest BCUT2D eigenvalue weighted by molar-refractivity contribution is 9.10. The molecule has 0 unspecified atom stereocenters. The van der Waals surface area contributed by atoms with Gasteiger partial charge in [-0.25, -0.2) is 4.98 Å². The summed E-state index contributed by atoms with van der Waals surface area (Å²) >= 11 is 4.73. The molecule has 1 aromatic heterocycles. The second-order valence-electron chi connectivity index (χ2n) is 6.75. The van der Waals surface area contributed by atoms with Crippen LogP contribution < -0.4 is 10.9 Å². The number of unbranched alkanes of at least 4 members (excludes halogenated alkanes) is 3. The normalized spacial score (nSPS) is 11.0. The van der Waals surface area contributed by atoms with E-state index in [2.05, 4.69) is 33.2 Å². The number of anilines is 1. The second-order valence-corrected chi connectivity index (χ2v) is 8.54. The number of benzene rings is 2. The molecule has 1 N–H and O–H groups in total. The number of hydrogen-bond acceptors (Lipinski definition) is 4. The second kappa shape index (κ2) is 10.6. The molecule has 3 aromatic rings. The van der Waals surface area contributed by atoms with E-state index in [9.17, 15) is 9.59 Å². The molecule has 7 heteroatoms. The number of nitrogens with one attached hydrogen (secondary N) is 1. The fraction of sp³-hybridized carbons (Fsp3) is 0.318. The van der Waals surface area contributed by atoms with E-state index < -0.39 is 0 Å². The SMILES string of the molecule is CCCCCCn1c(SCC(=O)Nc2ccccc2Br)nc2ccccc2c1=O. The minimum absolute atomic E-state index is 0.0409. The number of carbonyl (C=O) groups excluding carboxylic acids is 1. The van der Waals surface area contributed by atoms with Crippen LogP contribution in [-0.2, 0) is 11.3 Å². The van der Waals surface area contributed by atoms with E-state index in [1.165, 1.54) is 11.8 Å². The maximum absolute atomic E-state index is 13.0. The number of carbonyl (C=O) groups is 1. The summed E-state index contributed by atoms with van der Waals surface area (Å²) in [6, 6.07) is 14.8. The fourth-order valence-electron chi connectivity index (χ4n) is 3.03. The van der Waals surface area contributed by atoms with E-state index in [4.69, 9.17) is 0 Å². The molecule has 29 heavy (non-hydrogen) atoms. The van der Waals surface area contributed by atoms with Crippen LogP contribution in [0.1, 0.15) is 32.6 Å². The molecule has 0 saturated carbocycles. The van der Waals surface area contributed by atoms with Gasteiger partial charge in [-0.15, -0.1) is 0 Å². The first-order valence-electron chi connectivity index (χ1n) is 9.77. The first-order chi connectivity index (χ1) is 14.1. The maximum atomic E-state index is 13.0. The lowest BCUT2D eigenvalue weighted by molar-refractivity contribution is -0.113. The highest BCUT2D eigenvalue weighted by atomic mass is 79.9. The number of nitrogens with zero attached hydrogens (tertiary/aromatic N) is 2. The van der Waals surface area contributed by atoms with Gasteiger partial charge in [-0.3, -0.25) is 14.2 Å². The van der Waals surface area contributed by atoms with Crippen LogP contribution in [0.4, 0.5) is 5.69 Å². The molecular weight excluding hydrogens is 450 g/mol. The minimum Gasteiger partial charge on any atom is -0.324 e. The Balaban J connectivity index is 1.78. The van der Waals surface area contributed by atoms with Crippen molar-refractivity contribution in [3.8, 4) is 0 Å². The third-order valence-corrected chi connectivity index (χ3v) is 6.21. The Labute approximate surface area is 183 Å². The molecule has 3 rings (SSSR count). The van der Waals surface area contributed by atoms with Gasteiger partial charge in [-0.1, -0.05) is 62.2 Å². The lowest BCUT2D eigenvalue weighted by Crippen LogP contribution is -2.24. The summed E-state index contributed by atoms with van der Waals surface area (Å²) in [5.41, 5.74) is 1.35. The van der Waals surface area contributed by atoms with Crippen molar-refractivity contribution in [3.05, 3.63) is 63.4 Å². The van der Waals surface area contributed by atoms with Crippen LogP contribution in [0.3, 0.4) is 0 Å². The van der Waals surface area contributed by atoms with Crippen molar-refractivity contribution in [2.75, 3.05) is 11.1 Å². The zero-order valence-corrected chi connectivity index (χ0v) is 18.8. The summed E-state index contributed by atoms with van der Waals surface area (Å²) in [7, 11) is 0. The van der Waals surface area contributed by atoms with E-state index >= 15 is 0 Å². The number of hydrogen-bond donors (Lipinski definition) is 1. The number of thioether (sulfide) groups is 1. The standard InChI is InChI=1S/C22H24BrN3O2S/c1-2-3-4-9-14-26-21(28)16-10-5-7-12-18(16)25-22(26)29-15-20(27)24-19-13-8-6-11-17(19)23/h5-8,10-13H,2-4,9,14-15H2,1H3,(H,24,27). The molecule has 0 aliphatic carbocycles. The average Bonchev–Trinajstić information content (AvgIpc) is 2.73. The third kappa shape index (κ3) is 5.70. The number of amides is 1. The average molecular weight is 474 g/mol. The highest BCUT2D eigenvalue weighted by Crippen LogP contribution is 2.23. The number of fused-ring (bicyclic) bond motifs is 1. The minimum atomic E-state index is -0.137. The first kappa shape index (κ1) is 21.6. The summed E-state index contributed by atoms with van der Waals surface area (Å²) in [4.78, 5) is 30.1. The van der Waals surface area contributed by atoms with Crippen molar-refractivity contribution in [1.29, 1.82) is 0 Å². The molecule has 0 aliphatic heterocycles. The Kier molecular flexibility index (Phi) is 7.89. The van der Waals surface area contributed by atoms with Gasteiger partial charge in [0, 0.05) is 11.0 Å². The lowest BCUT2D eigenvalue weighted by atomic mass is 10.2. The number of aromatic nitrogens is 2. The van der Waals surface area contributed by atoms with Gasteiger partial charge in [0.15, 0.2) is 5.16 Å². The molecule has 0 radical (unpaired) electrons. The summed E-state index contributed by atoms with van der Waals surface area (Å²) < 4.78 is 2.55. The molecule has 5 nitrogen and oxygen atoms in total. The van der Waals surface area contributed by atoms with E-state index in [0.29, 0.717) is 22.6 Å². The van der Waals surface area contributed by atoms with Crippen LogP contribution in [0.15, 0.2) is 63.0 Å². The van der Waals surface area contributed by atoms with Crippen molar-refractivity contribution >= 4 is 50.2 Å². The summed E-state index contributed by atoms with van der Waals surface area (Å²) in [6.07, 6.45) is 4.28. The smallest absolute Gasteiger partial charge is 0.262 e. The van der Waals surface area contributed by atoms with E-state index in [0.717, 1.165) is 35.8 Å². The largest absolute Gasteiger partial charge is 0.324 e. The van der Waals surface area contributed by atoms with Crippen LogP contribution >= 0.6 is 27.7 Å². The van der Waals surface area contributed by atoms with Gasteiger partial charge < -0.3 is 5.32 Å². The van der Waals surface area contributed by atoms with Gasteiger partial charge >= 0.3 is 0 Å². The Morgan fingerprint density at radius 1 is 1.10 bits per heavy atom. The summed E-state index contributed by atoms with van der Waals surface area (Å²) in [6.45, 7) is 2.78. The van der Waals surface area contributed by atoms with Crippen molar-refractivity contribution < 1.29 is 4.79 Å². The molecule has 1 heterocycles. The number of para-hydroxylation sites is 2. The van der Waals surface area contributed by atoms with Crippen molar-refractivity contribution in [1.82, 2.24) is 9.55 Å². The van der Waals surface area contributed by atoms with Crippen LogP contribution in [0.5, 0.6) is 0 Å². The van der Waals surface area contributed by atoms with Gasteiger partial charge in [0.25, 0.3) is 5.56 Å². The van der Waals surface area contributed by atoms with Crippen molar-refractivity contribution in [3.63, 3.8) is 0 Å². The fourth-order valence-corrected chi connectivity index (χ4v) is 4.24. The third-order valence-electron chi connectivity index (χ3n) is 4.54. The van der Waals surface area contributed by atoms with Crippen LogP contribution in [0.25, 0.3) is 10.9 Å². The first-order valence-corrected chi connectivity index (χ1v) is 11.5. The molecule has 0 atom stereocenters. The zero-order valence-electron chi connectivity index (χ0n) is 16.4. The quantitative estimate of drug-likeness (QED) is 0.254. The predicted molar refractivity (Wildman–Crippen MR) is 124 cm³/mol. The Bertz CT molecular complexity index is 1050. The summed E-state index contributed by atoms with van der Waals surface area (Å²) in [5, 5.41) is 4.10. The predicted octanol–water partition coefficient (Wildman–Crippen LogP) is 5.47. The summed E-state index contributed by atoms with van der Waals surface area (Å²) in [5.74, 6) is 0.0444. The monoisotopic (exact) mass is 473 g/mol. The van der Waals surface area contributed by atoms with Crippen molar-refractivity contribution in [2.45, 2.75) is 44.3 Å². The number of halogens is 1. The molecule has 0 spiro atoms. The topological polar surface area (TPSA) is 64.0 Å². The molecule has 0 saturated heterocycles. The molecule has 0 aliphatic rings. The molecule has 1 amide bonds. The van der Waals surface area contributed by atoms with E-state index in [1.54, 1.807) is 10.6 Å². The van der Waals surface area contributed by atoms with Crippen LogP contribution in [0, 0.1) is 0 Å². The number of rotatable bonds is 9. The van der Waals surface area contributed by atoms with Gasteiger partial charge in [0.05, 0.1) is 22.3 Å². The van der Waals surface area contributed by atoms with Crippen LogP contribution in [0.2, 0.25) is 0 Å². The van der Waals surface area contributed by atoms with Crippen molar-refractivity contribution in [2.24, 2.45) is 0 Å². The van der Waals surface area contributed by atoms with E-state index in [-0.39, 0.29) is 17.2 Å². The molecule has 0 fully saturated rings. The van der Waals surface area contributed by atoms with Gasteiger partial charge in [0.2, 0.25) is 5.91 Å². The Morgan fingerprint density at radius 2 is 1.86 bits per heavy atom. The Morgan fingerprint density at radius 3 is 2.66 bits per heavy atom. The lowest BCUT2D eigenvalue weighted by Gasteiger charge is -2.13. The van der Waals surface area contributed by atoms with Gasteiger partial charge in [0.1, 0.15) is 0 Å². The molecule has 152 valence electrons. The zero-order chi connectivity index (χ0) is 20.6. The van der Waals surface area contributed by atoms with Gasteiger partial charge in [-0.05, 0) is 46.6 Å². The van der Waals surface area contributed by atoms with E-state index in [1.807, 2.05) is 42.5 Å². The highest BCUT2D eigenvalue weighted by Gasteiger charge is 2.13. The Hall–Kier alpha value is -2.12. The van der Waals surface area contributed by atoms with Crippen LogP contribution in [-0.4, -0.2) is 21.2 Å².